The summed E-state index contributed by atoms with van der Waals surface area (Å²) >= 11 is 3.48. The summed E-state index contributed by atoms with van der Waals surface area (Å²) in [5.41, 5.74) is 1.98. The lowest BCUT2D eigenvalue weighted by atomic mass is 10.1. The van der Waals surface area contributed by atoms with Crippen molar-refractivity contribution in [2.45, 2.75) is 19.3 Å². The fourth-order valence-electron chi connectivity index (χ4n) is 2.91. The van der Waals surface area contributed by atoms with Gasteiger partial charge in [0.25, 0.3) is 5.91 Å². The fraction of sp³-hybridized carbons (Fsp3) is 0.533. The number of carbonyl (C=O) groups is 1. The van der Waals surface area contributed by atoms with E-state index in [0.717, 1.165) is 55.6 Å². The third-order valence-electron chi connectivity index (χ3n) is 4.03. The molecule has 0 saturated carbocycles. The van der Waals surface area contributed by atoms with Crippen molar-refractivity contribution in [1.82, 2.24) is 4.90 Å². The number of hydrogen-bond donors (Lipinski definition) is 0. The highest BCUT2D eigenvalue weighted by atomic mass is 79.9. The lowest BCUT2D eigenvalue weighted by Gasteiger charge is -2.17. The van der Waals surface area contributed by atoms with Gasteiger partial charge in [0.05, 0.1) is 6.61 Å². The molecule has 3 nitrogen and oxygen atoms in total. The van der Waals surface area contributed by atoms with E-state index in [9.17, 15) is 4.79 Å². The molecule has 0 N–H and O–H groups in total. The van der Waals surface area contributed by atoms with Crippen molar-refractivity contribution in [2.75, 3.05) is 25.0 Å². The van der Waals surface area contributed by atoms with Gasteiger partial charge >= 0.3 is 0 Å². The number of likely N-dealkylation sites (tertiary alicyclic amines) is 1. The van der Waals surface area contributed by atoms with Crippen LogP contribution in [0.3, 0.4) is 0 Å². The van der Waals surface area contributed by atoms with Crippen molar-refractivity contribution in [3.05, 3.63) is 29.3 Å². The topological polar surface area (TPSA) is 29.5 Å². The largest absolute Gasteiger partial charge is 0.493 e. The highest BCUT2D eigenvalue weighted by molar-refractivity contribution is 9.09. The van der Waals surface area contributed by atoms with Crippen LogP contribution in [0.2, 0.25) is 0 Å². The summed E-state index contributed by atoms with van der Waals surface area (Å²) in [5.74, 6) is 1.77. The standard InChI is InChI=1S/C15H18BrNO2/c16-6-3-11-4-7-17(10-11)15(18)13-1-2-14-12(9-13)5-8-19-14/h1-2,9,11H,3-8,10H2. The van der Waals surface area contributed by atoms with E-state index < -0.39 is 0 Å². The third kappa shape index (κ3) is 2.64. The van der Waals surface area contributed by atoms with Crippen molar-refractivity contribution in [2.24, 2.45) is 5.92 Å². The minimum Gasteiger partial charge on any atom is -0.493 e. The molecule has 1 unspecified atom stereocenters. The van der Waals surface area contributed by atoms with Gasteiger partial charge in [-0.15, -0.1) is 0 Å². The van der Waals surface area contributed by atoms with E-state index in [1.807, 2.05) is 23.1 Å². The summed E-state index contributed by atoms with van der Waals surface area (Å²) in [6.45, 7) is 2.53. The zero-order valence-electron chi connectivity index (χ0n) is 10.9. The number of ether oxygens (including phenoxy) is 1. The number of rotatable bonds is 3. The van der Waals surface area contributed by atoms with E-state index in [4.69, 9.17) is 4.74 Å². The molecule has 3 rings (SSSR count). The minimum absolute atomic E-state index is 0.173. The van der Waals surface area contributed by atoms with Gasteiger partial charge in [-0.25, -0.2) is 0 Å². The Balaban J connectivity index is 1.71. The second-order valence-corrected chi connectivity index (χ2v) is 6.10. The number of benzene rings is 1. The van der Waals surface area contributed by atoms with Crippen LogP contribution in [0.4, 0.5) is 0 Å². The molecule has 0 aliphatic carbocycles. The van der Waals surface area contributed by atoms with Crippen molar-refractivity contribution in [3.63, 3.8) is 0 Å². The Labute approximate surface area is 122 Å². The van der Waals surface area contributed by atoms with Crippen LogP contribution in [0.15, 0.2) is 18.2 Å². The van der Waals surface area contributed by atoms with Crippen molar-refractivity contribution in [1.29, 1.82) is 0 Å². The lowest BCUT2D eigenvalue weighted by molar-refractivity contribution is 0.0787. The average Bonchev–Trinajstić information content (AvgIpc) is 3.05. The van der Waals surface area contributed by atoms with Gasteiger partial charge in [-0.3, -0.25) is 4.79 Å². The molecule has 2 aliphatic heterocycles. The Bertz CT molecular complexity index is 489. The van der Waals surface area contributed by atoms with Crippen molar-refractivity contribution < 1.29 is 9.53 Å². The first-order valence-electron chi connectivity index (χ1n) is 6.89. The summed E-state index contributed by atoms with van der Waals surface area (Å²) < 4.78 is 5.48. The van der Waals surface area contributed by atoms with Gasteiger partial charge in [-0.05, 0) is 42.5 Å². The molecule has 19 heavy (non-hydrogen) atoms. The number of carbonyl (C=O) groups excluding carboxylic acids is 1. The van der Waals surface area contributed by atoms with Gasteiger partial charge < -0.3 is 9.64 Å². The quantitative estimate of drug-likeness (QED) is 0.800. The monoisotopic (exact) mass is 323 g/mol. The molecule has 1 atom stereocenters. The van der Waals surface area contributed by atoms with Crippen LogP contribution >= 0.6 is 15.9 Å². The molecule has 0 bridgehead atoms. The second-order valence-electron chi connectivity index (χ2n) is 5.30. The van der Waals surface area contributed by atoms with Gasteiger partial charge in [0.1, 0.15) is 5.75 Å². The molecule has 1 amide bonds. The zero-order valence-corrected chi connectivity index (χ0v) is 12.5. The van der Waals surface area contributed by atoms with Crippen molar-refractivity contribution in [3.8, 4) is 5.75 Å². The van der Waals surface area contributed by atoms with Gasteiger partial charge in [0, 0.05) is 30.4 Å². The van der Waals surface area contributed by atoms with Crippen LogP contribution in [0.1, 0.15) is 28.8 Å². The maximum atomic E-state index is 12.5. The third-order valence-corrected chi connectivity index (χ3v) is 4.48. The zero-order chi connectivity index (χ0) is 13.2. The van der Waals surface area contributed by atoms with Crippen LogP contribution in [0.25, 0.3) is 0 Å². The van der Waals surface area contributed by atoms with Crippen molar-refractivity contribution >= 4 is 21.8 Å². The van der Waals surface area contributed by atoms with Gasteiger partial charge in [0.15, 0.2) is 0 Å². The first-order valence-corrected chi connectivity index (χ1v) is 8.01. The number of nitrogens with zero attached hydrogens (tertiary/aromatic N) is 1. The molecule has 0 spiro atoms. The average molecular weight is 324 g/mol. The molecular weight excluding hydrogens is 306 g/mol. The Hall–Kier alpha value is -1.03. The summed E-state index contributed by atoms with van der Waals surface area (Å²) in [5, 5.41) is 1.02. The minimum atomic E-state index is 0.173. The highest BCUT2D eigenvalue weighted by Gasteiger charge is 2.27. The van der Waals surface area contributed by atoms with Crippen LogP contribution in [0, 0.1) is 5.92 Å². The SMILES string of the molecule is O=C(c1ccc2c(c1)CCO2)N1CCC(CCBr)C1. The normalized spacial score (nSPS) is 21.3. The van der Waals surface area contributed by atoms with E-state index in [1.54, 1.807) is 0 Å². The van der Waals surface area contributed by atoms with Crippen LogP contribution < -0.4 is 4.74 Å². The maximum absolute atomic E-state index is 12.5. The van der Waals surface area contributed by atoms with E-state index in [-0.39, 0.29) is 5.91 Å². The van der Waals surface area contributed by atoms with Crippen LogP contribution in [-0.2, 0) is 6.42 Å². The molecule has 2 heterocycles. The summed E-state index contributed by atoms with van der Waals surface area (Å²) in [7, 11) is 0. The van der Waals surface area contributed by atoms with Gasteiger partial charge in [-0.2, -0.15) is 0 Å². The highest BCUT2D eigenvalue weighted by Crippen LogP contribution is 2.28. The summed E-state index contributed by atoms with van der Waals surface area (Å²) in [4.78, 5) is 14.5. The second kappa shape index (κ2) is 5.53. The lowest BCUT2D eigenvalue weighted by Crippen LogP contribution is -2.28. The number of hydrogen-bond acceptors (Lipinski definition) is 2. The number of alkyl halides is 1. The molecule has 102 valence electrons. The Kier molecular flexibility index (Phi) is 3.78. The molecule has 1 fully saturated rings. The molecule has 2 aliphatic rings. The van der Waals surface area contributed by atoms with E-state index >= 15 is 0 Å². The maximum Gasteiger partial charge on any atom is 0.253 e. The molecule has 1 saturated heterocycles. The van der Waals surface area contributed by atoms with E-state index in [0.29, 0.717) is 5.92 Å². The molecule has 1 aromatic carbocycles. The molecule has 0 radical (unpaired) electrons. The predicted molar refractivity (Wildman–Crippen MR) is 78.1 cm³/mol. The molecule has 0 aromatic heterocycles. The van der Waals surface area contributed by atoms with Crippen LogP contribution in [0.5, 0.6) is 5.75 Å². The number of fused-ring (bicyclic) bond motifs is 1. The van der Waals surface area contributed by atoms with Gasteiger partial charge in [-0.1, -0.05) is 15.9 Å². The van der Waals surface area contributed by atoms with Crippen LogP contribution in [-0.4, -0.2) is 35.8 Å². The summed E-state index contributed by atoms with van der Waals surface area (Å²) in [6, 6.07) is 5.83. The molecular formula is C15H18BrNO2. The number of halogens is 1. The Morgan fingerprint density at radius 1 is 1.47 bits per heavy atom. The first kappa shape index (κ1) is 13.0. The Morgan fingerprint density at radius 2 is 2.37 bits per heavy atom. The molecule has 1 aromatic rings. The van der Waals surface area contributed by atoms with E-state index in [1.165, 1.54) is 5.56 Å². The smallest absolute Gasteiger partial charge is 0.253 e. The summed E-state index contributed by atoms with van der Waals surface area (Å²) in [6.07, 6.45) is 3.20. The van der Waals surface area contributed by atoms with Gasteiger partial charge in [0.2, 0.25) is 0 Å². The molecule has 4 heteroatoms. The fourth-order valence-corrected chi connectivity index (χ4v) is 3.56. The number of amides is 1. The Morgan fingerprint density at radius 3 is 3.21 bits per heavy atom. The predicted octanol–water partition coefficient (Wildman–Crippen LogP) is 2.87. The van der Waals surface area contributed by atoms with E-state index in [2.05, 4.69) is 15.9 Å². The first-order chi connectivity index (χ1) is 9.28.